The number of hydrogen-bond donors (Lipinski definition) is 0. The van der Waals surface area contributed by atoms with Gasteiger partial charge < -0.3 is 4.90 Å². The van der Waals surface area contributed by atoms with Crippen molar-refractivity contribution in [2.45, 2.75) is 49.4 Å². The van der Waals surface area contributed by atoms with Crippen LogP contribution in [0.15, 0.2) is 59.6 Å². The Bertz CT molecular complexity index is 848. The van der Waals surface area contributed by atoms with Gasteiger partial charge >= 0.3 is 0 Å². The van der Waals surface area contributed by atoms with Crippen molar-refractivity contribution in [2.75, 3.05) is 18.0 Å². The molecule has 5 heteroatoms. The first-order chi connectivity index (χ1) is 13.8. The average Bonchev–Trinajstić information content (AvgIpc) is 3.28. The Balaban J connectivity index is 1.61. The summed E-state index contributed by atoms with van der Waals surface area (Å²) < 4.78 is 0. The van der Waals surface area contributed by atoms with E-state index in [9.17, 15) is 0 Å². The van der Waals surface area contributed by atoms with Crippen molar-refractivity contribution in [1.29, 1.82) is 0 Å². The number of anilines is 1. The first-order valence-electron chi connectivity index (χ1n) is 10.4. The van der Waals surface area contributed by atoms with Gasteiger partial charge in [-0.05, 0) is 68.5 Å². The van der Waals surface area contributed by atoms with Crippen LogP contribution in [0, 0.1) is 0 Å². The molecule has 1 aliphatic carbocycles. The van der Waals surface area contributed by atoms with Crippen LogP contribution >= 0.6 is 23.4 Å². The lowest BCUT2D eigenvalue weighted by molar-refractivity contribution is 0.0852. The molecule has 146 valence electrons. The normalized spacial score (nSPS) is 29.4. The van der Waals surface area contributed by atoms with E-state index >= 15 is 0 Å². The minimum absolute atomic E-state index is 0.0672. The van der Waals surface area contributed by atoms with Crippen LogP contribution in [0.1, 0.15) is 38.5 Å². The van der Waals surface area contributed by atoms with Gasteiger partial charge in [-0.1, -0.05) is 48.0 Å². The Labute approximate surface area is 176 Å². The zero-order valence-corrected chi connectivity index (χ0v) is 17.6. The van der Waals surface area contributed by atoms with E-state index in [0.29, 0.717) is 5.25 Å². The molecule has 28 heavy (non-hydrogen) atoms. The van der Waals surface area contributed by atoms with E-state index in [-0.39, 0.29) is 5.66 Å². The molecular weight excluding hydrogens is 386 g/mol. The lowest BCUT2D eigenvalue weighted by atomic mass is 9.98. The summed E-state index contributed by atoms with van der Waals surface area (Å²) >= 11 is 8.06. The molecule has 3 nitrogen and oxygen atoms in total. The van der Waals surface area contributed by atoms with E-state index in [2.05, 4.69) is 40.1 Å². The molecule has 3 aliphatic rings. The predicted octanol–water partition coefficient (Wildman–Crippen LogP) is 6.32. The minimum Gasteiger partial charge on any atom is -0.301 e. The Kier molecular flexibility index (Phi) is 5.12. The van der Waals surface area contributed by atoms with Crippen LogP contribution in [0.2, 0.25) is 5.02 Å². The first kappa shape index (κ1) is 18.5. The van der Waals surface area contributed by atoms with Gasteiger partial charge in [-0.15, -0.1) is 0 Å². The van der Waals surface area contributed by atoms with E-state index in [1.807, 2.05) is 36.0 Å². The van der Waals surface area contributed by atoms with Crippen molar-refractivity contribution in [3.8, 4) is 0 Å². The minimum atomic E-state index is 0.0672. The second-order valence-corrected chi connectivity index (χ2v) is 9.57. The maximum absolute atomic E-state index is 6.08. The number of halogens is 1. The number of aliphatic imine (C=N–C) groups is 1. The van der Waals surface area contributed by atoms with Gasteiger partial charge in [0.2, 0.25) is 0 Å². The van der Waals surface area contributed by atoms with Crippen molar-refractivity contribution in [2.24, 2.45) is 4.99 Å². The summed E-state index contributed by atoms with van der Waals surface area (Å²) in [7, 11) is 0. The van der Waals surface area contributed by atoms with Crippen molar-refractivity contribution in [3.05, 3.63) is 59.6 Å². The van der Waals surface area contributed by atoms with Gasteiger partial charge in [-0.3, -0.25) is 4.90 Å². The van der Waals surface area contributed by atoms with Crippen molar-refractivity contribution in [1.82, 2.24) is 4.90 Å². The molecule has 3 fully saturated rings. The van der Waals surface area contributed by atoms with Gasteiger partial charge in [0.15, 0.2) is 5.17 Å². The molecule has 0 aromatic heterocycles. The summed E-state index contributed by atoms with van der Waals surface area (Å²) in [6.45, 7) is 2.41. The quantitative estimate of drug-likeness (QED) is 0.589. The van der Waals surface area contributed by atoms with Crippen LogP contribution in [0.3, 0.4) is 0 Å². The number of amidine groups is 1. The SMILES string of the molecule is Clc1ccc(N=C2SC3CCCC3(N3CCCCC3)N2c2ccccc2)cc1. The molecule has 2 saturated heterocycles. The van der Waals surface area contributed by atoms with E-state index in [4.69, 9.17) is 16.6 Å². The fourth-order valence-corrected chi connectivity index (χ4v) is 6.85. The van der Waals surface area contributed by atoms with Gasteiger partial charge in [0.25, 0.3) is 0 Å². The number of rotatable bonds is 3. The molecule has 2 aliphatic heterocycles. The molecule has 2 aromatic rings. The van der Waals surface area contributed by atoms with Gasteiger partial charge in [-0.2, -0.15) is 0 Å². The zero-order chi connectivity index (χ0) is 19.0. The topological polar surface area (TPSA) is 18.8 Å². The number of fused-ring (bicyclic) bond motifs is 1. The summed E-state index contributed by atoms with van der Waals surface area (Å²) in [6.07, 6.45) is 7.77. The third kappa shape index (κ3) is 3.16. The largest absolute Gasteiger partial charge is 0.301 e. The lowest BCUT2D eigenvalue weighted by Crippen LogP contribution is -2.62. The molecule has 2 heterocycles. The first-order valence-corrected chi connectivity index (χ1v) is 11.6. The highest BCUT2D eigenvalue weighted by atomic mass is 35.5. The molecule has 0 bridgehead atoms. The molecule has 0 spiro atoms. The lowest BCUT2D eigenvalue weighted by Gasteiger charge is -2.49. The second kappa shape index (κ2) is 7.74. The van der Waals surface area contributed by atoms with Crippen LogP contribution < -0.4 is 4.90 Å². The van der Waals surface area contributed by atoms with Crippen LogP contribution in [-0.4, -0.2) is 34.1 Å². The summed E-state index contributed by atoms with van der Waals surface area (Å²) in [6, 6.07) is 18.8. The standard InChI is InChI=1S/C23H26ClN3S/c24-18-11-13-19(14-12-18)25-22-27(20-8-3-1-4-9-20)23(15-7-10-21(23)28-22)26-16-5-2-6-17-26/h1,3-4,8-9,11-14,21H,2,5-7,10,15-17H2. The van der Waals surface area contributed by atoms with Crippen LogP contribution in [-0.2, 0) is 0 Å². The summed E-state index contributed by atoms with van der Waals surface area (Å²) in [5.74, 6) is 0. The van der Waals surface area contributed by atoms with Crippen LogP contribution in [0.25, 0.3) is 0 Å². The fourth-order valence-electron chi connectivity index (χ4n) is 5.09. The smallest absolute Gasteiger partial charge is 0.170 e. The maximum Gasteiger partial charge on any atom is 0.170 e. The summed E-state index contributed by atoms with van der Waals surface area (Å²) in [5, 5.41) is 2.46. The summed E-state index contributed by atoms with van der Waals surface area (Å²) in [5.41, 5.74) is 2.30. The highest BCUT2D eigenvalue weighted by Crippen LogP contribution is 2.54. The van der Waals surface area contributed by atoms with Gasteiger partial charge in [-0.25, -0.2) is 4.99 Å². The van der Waals surface area contributed by atoms with E-state index in [1.54, 1.807) is 0 Å². The van der Waals surface area contributed by atoms with Crippen molar-refractivity contribution >= 4 is 39.9 Å². The van der Waals surface area contributed by atoms with Gasteiger partial charge in [0.05, 0.1) is 5.69 Å². The monoisotopic (exact) mass is 411 g/mol. The number of nitrogens with zero attached hydrogens (tertiary/aromatic N) is 3. The number of para-hydroxylation sites is 1. The van der Waals surface area contributed by atoms with Crippen molar-refractivity contribution in [3.63, 3.8) is 0 Å². The van der Waals surface area contributed by atoms with Crippen LogP contribution in [0.5, 0.6) is 0 Å². The van der Waals surface area contributed by atoms with E-state index < -0.39 is 0 Å². The van der Waals surface area contributed by atoms with E-state index in [0.717, 1.165) is 15.9 Å². The molecule has 1 saturated carbocycles. The molecule has 2 aromatic carbocycles. The van der Waals surface area contributed by atoms with Gasteiger partial charge in [0, 0.05) is 29.0 Å². The molecule has 0 N–H and O–H groups in total. The second-order valence-electron chi connectivity index (χ2n) is 7.97. The fraction of sp³-hybridized carbons (Fsp3) is 0.435. The van der Waals surface area contributed by atoms with Gasteiger partial charge in [0.1, 0.15) is 5.66 Å². The Hall–Kier alpha value is -1.49. The third-order valence-electron chi connectivity index (χ3n) is 6.32. The number of piperidine rings is 1. The van der Waals surface area contributed by atoms with Crippen LogP contribution in [0.4, 0.5) is 11.4 Å². The molecule has 5 rings (SSSR count). The number of thioether (sulfide) groups is 1. The zero-order valence-electron chi connectivity index (χ0n) is 16.1. The third-order valence-corrected chi connectivity index (χ3v) is 7.96. The number of hydrogen-bond acceptors (Lipinski definition) is 3. The molecule has 2 unspecified atom stereocenters. The van der Waals surface area contributed by atoms with Crippen molar-refractivity contribution < 1.29 is 0 Å². The Morgan fingerprint density at radius 3 is 2.43 bits per heavy atom. The van der Waals surface area contributed by atoms with E-state index in [1.165, 1.54) is 57.3 Å². The maximum atomic E-state index is 6.08. The molecule has 0 amide bonds. The average molecular weight is 412 g/mol. The molecular formula is C23H26ClN3S. The summed E-state index contributed by atoms with van der Waals surface area (Å²) in [4.78, 5) is 10.4. The highest BCUT2D eigenvalue weighted by Gasteiger charge is 2.58. The Morgan fingerprint density at radius 1 is 0.929 bits per heavy atom. The predicted molar refractivity (Wildman–Crippen MR) is 121 cm³/mol. The Morgan fingerprint density at radius 2 is 1.68 bits per heavy atom. The number of likely N-dealkylation sites (tertiary alicyclic amines) is 1. The highest BCUT2D eigenvalue weighted by molar-refractivity contribution is 8.15. The molecule has 0 radical (unpaired) electrons. The number of benzene rings is 2. The molecule has 2 atom stereocenters.